The first-order valence-corrected chi connectivity index (χ1v) is 6.64. The molecule has 0 radical (unpaired) electrons. The number of nitro groups is 1. The molecule has 0 atom stereocenters. The molecule has 1 aromatic carbocycles. The summed E-state index contributed by atoms with van der Waals surface area (Å²) >= 11 is 5.93. The molecule has 21 heavy (non-hydrogen) atoms. The highest BCUT2D eigenvalue weighted by atomic mass is 35.5. The Labute approximate surface area is 125 Å². The largest absolute Gasteiger partial charge is 0.368 e. The second-order valence-electron chi connectivity index (χ2n) is 4.53. The minimum absolute atomic E-state index is 0.153. The number of halogens is 2. The van der Waals surface area contributed by atoms with Gasteiger partial charge < -0.3 is 5.32 Å². The Morgan fingerprint density at radius 2 is 2.19 bits per heavy atom. The van der Waals surface area contributed by atoms with Crippen LogP contribution < -0.4 is 5.32 Å². The Hall–Kier alpha value is -2.21. The van der Waals surface area contributed by atoms with Crippen molar-refractivity contribution in [3.8, 4) is 0 Å². The first-order chi connectivity index (χ1) is 9.97. The van der Waals surface area contributed by atoms with Crippen LogP contribution in [0.25, 0.3) is 0 Å². The van der Waals surface area contributed by atoms with Crippen molar-refractivity contribution in [2.75, 3.05) is 11.9 Å². The van der Waals surface area contributed by atoms with Crippen molar-refractivity contribution >= 4 is 23.1 Å². The quantitative estimate of drug-likeness (QED) is 0.674. The lowest BCUT2D eigenvalue weighted by atomic mass is 10.1. The van der Waals surface area contributed by atoms with Gasteiger partial charge in [-0.25, -0.2) is 9.37 Å². The van der Waals surface area contributed by atoms with E-state index in [9.17, 15) is 14.5 Å². The molecular formula is C14H13ClFN3O2. The van der Waals surface area contributed by atoms with Crippen LogP contribution in [0.3, 0.4) is 0 Å². The lowest BCUT2D eigenvalue weighted by Gasteiger charge is -2.09. The minimum atomic E-state index is -0.551. The topological polar surface area (TPSA) is 68.1 Å². The molecule has 0 aliphatic carbocycles. The molecule has 1 heterocycles. The number of hydrogen-bond acceptors (Lipinski definition) is 4. The zero-order chi connectivity index (χ0) is 15.4. The highest BCUT2D eigenvalue weighted by Gasteiger charge is 2.10. The van der Waals surface area contributed by atoms with Crippen molar-refractivity contribution in [3.05, 3.63) is 62.5 Å². The van der Waals surface area contributed by atoms with Gasteiger partial charge >= 0.3 is 0 Å². The van der Waals surface area contributed by atoms with Crippen LogP contribution in [0, 0.1) is 22.9 Å². The second kappa shape index (κ2) is 6.49. The average Bonchev–Trinajstić information content (AvgIpc) is 2.42. The molecule has 0 fully saturated rings. The van der Waals surface area contributed by atoms with Crippen LogP contribution in [0.15, 0.2) is 30.5 Å². The number of aryl methyl sites for hydroxylation is 1. The Kier molecular flexibility index (Phi) is 4.70. The predicted molar refractivity (Wildman–Crippen MR) is 79.2 cm³/mol. The molecule has 5 nitrogen and oxygen atoms in total. The van der Waals surface area contributed by atoms with E-state index in [0.29, 0.717) is 18.8 Å². The van der Waals surface area contributed by atoms with Gasteiger partial charge in [-0.05, 0) is 36.6 Å². The van der Waals surface area contributed by atoms with E-state index in [2.05, 4.69) is 10.3 Å². The maximum atomic E-state index is 13.0. The molecule has 7 heteroatoms. The van der Waals surface area contributed by atoms with Crippen LogP contribution >= 0.6 is 11.6 Å². The number of benzene rings is 1. The summed E-state index contributed by atoms with van der Waals surface area (Å²) in [6, 6.07) is 5.88. The molecule has 110 valence electrons. The third-order valence-electron chi connectivity index (χ3n) is 3.03. The van der Waals surface area contributed by atoms with Gasteiger partial charge in [0.05, 0.1) is 9.95 Å². The zero-order valence-corrected chi connectivity index (χ0v) is 12.0. The summed E-state index contributed by atoms with van der Waals surface area (Å²) in [5, 5.41) is 13.8. The van der Waals surface area contributed by atoms with Gasteiger partial charge in [-0.3, -0.25) is 10.1 Å². The summed E-state index contributed by atoms with van der Waals surface area (Å²) in [7, 11) is 0. The van der Waals surface area contributed by atoms with Crippen molar-refractivity contribution in [2.45, 2.75) is 13.3 Å². The third kappa shape index (κ3) is 3.88. The molecule has 0 spiro atoms. The molecule has 0 saturated heterocycles. The maximum absolute atomic E-state index is 13.0. The Morgan fingerprint density at radius 3 is 2.81 bits per heavy atom. The van der Waals surface area contributed by atoms with E-state index < -0.39 is 4.92 Å². The van der Waals surface area contributed by atoms with E-state index in [4.69, 9.17) is 11.6 Å². The molecule has 2 aromatic rings. The molecule has 0 amide bonds. The Bertz CT molecular complexity index is 679. The number of hydrogen-bond donors (Lipinski definition) is 1. The standard InChI is InChI=1S/C14H13ClFN3O2/c1-9-6-11(16)3-2-10(9)4-5-17-14-13(15)7-12(8-18-14)19(20)21/h2-3,6-8H,4-5H2,1H3,(H,17,18). The van der Waals surface area contributed by atoms with Crippen molar-refractivity contribution in [2.24, 2.45) is 0 Å². The SMILES string of the molecule is Cc1cc(F)ccc1CCNc1ncc([N+](=O)[O-])cc1Cl. The highest BCUT2D eigenvalue weighted by molar-refractivity contribution is 6.33. The molecule has 1 N–H and O–H groups in total. The zero-order valence-electron chi connectivity index (χ0n) is 11.3. The second-order valence-corrected chi connectivity index (χ2v) is 4.94. The number of rotatable bonds is 5. The number of nitrogens with zero attached hydrogens (tertiary/aromatic N) is 2. The highest BCUT2D eigenvalue weighted by Crippen LogP contribution is 2.23. The van der Waals surface area contributed by atoms with Crippen molar-refractivity contribution in [1.82, 2.24) is 4.98 Å². The molecule has 0 aliphatic rings. The van der Waals surface area contributed by atoms with E-state index in [1.807, 2.05) is 6.92 Å². The van der Waals surface area contributed by atoms with Crippen molar-refractivity contribution in [1.29, 1.82) is 0 Å². The van der Waals surface area contributed by atoms with E-state index in [1.54, 1.807) is 6.07 Å². The summed E-state index contributed by atoms with van der Waals surface area (Å²) in [4.78, 5) is 14.0. The summed E-state index contributed by atoms with van der Waals surface area (Å²) < 4.78 is 13.0. The van der Waals surface area contributed by atoms with E-state index in [-0.39, 0.29) is 16.5 Å². The van der Waals surface area contributed by atoms with Gasteiger partial charge in [0.1, 0.15) is 17.8 Å². The summed E-state index contributed by atoms with van der Waals surface area (Å²) in [5.41, 5.74) is 1.74. The first-order valence-electron chi connectivity index (χ1n) is 6.26. The van der Waals surface area contributed by atoms with Crippen molar-refractivity contribution < 1.29 is 9.31 Å². The van der Waals surface area contributed by atoms with Gasteiger partial charge in [-0.15, -0.1) is 0 Å². The third-order valence-corrected chi connectivity index (χ3v) is 3.32. The van der Waals surface area contributed by atoms with Gasteiger partial charge in [0.25, 0.3) is 5.69 Å². The molecule has 0 bridgehead atoms. The van der Waals surface area contributed by atoms with E-state index >= 15 is 0 Å². The lowest BCUT2D eigenvalue weighted by molar-refractivity contribution is -0.385. The van der Waals surface area contributed by atoms with Crippen LogP contribution in [-0.2, 0) is 6.42 Å². The van der Waals surface area contributed by atoms with E-state index in [0.717, 1.165) is 17.3 Å². The first kappa shape index (κ1) is 15.2. The van der Waals surface area contributed by atoms with Crippen LogP contribution in [0.1, 0.15) is 11.1 Å². The predicted octanol–water partition coefficient (Wildman–Crippen LogP) is 3.75. The molecule has 2 rings (SSSR count). The molecular weight excluding hydrogens is 297 g/mol. The van der Waals surface area contributed by atoms with Crippen LogP contribution in [-0.4, -0.2) is 16.5 Å². The van der Waals surface area contributed by atoms with Crippen LogP contribution in [0.4, 0.5) is 15.9 Å². The fraction of sp³-hybridized carbons (Fsp3) is 0.214. The molecule has 0 saturated carbocycles. The fourth-order valence-electron chi connectivity index (χ4n) is 1.91. The van der Waals surface area contributed by atoms with Gasteiger partial charge in [0.2, 0.25) is 0 Å². The Balaban J connectivity index is 1.99. The number of anilines is 1. The maximum Gasteiger partial charge on any atom is 0.289 e. The van der Waals surface area contributed by atoms with Gasteiger partial charge in [0, 0.05) is 12.6 Å². The van der Waals surface area contributed by atoms with E-state index in [1.165, 1.54) is 18.2 Å². The molecule has 1 aromatic heterocycles. The average molecular weight is 310 g/mol. The van der Waals surface area contributed by atoms with Crippen molar-refractivity contribution in [3.63, 3.8) is 0 Å². The van der Waals surface area contributed by atoms with Crippen LogP contribution in [0.2, 0.25) is 5.02 Å². The summed E-state index contributed by atoms with van der Waals surface area (Å²) in [6.45, 7) is 2.38. The van der Waals surface area contributed by atoms with Gasteiger partial charge in [-0.2, -0.15) is 0 Å². The number of pyridine rings is 1. The molecule has 0 aliphatic heterocycles. The fourth-order valence-corrected chi connectivity index (χ4v) is 2.14. The number of aromatic nitrogens is 1. The summed E-state index contributed by atoms with van der Waals surface area (Å²) in [6.07, 6.45) is 1.82. The Morgan fingerprint density at radius 1 is 1.43 bits per heavy atom. The van der Waals surface area contributed by atoms with Crippen LogP contribution in [0.5, 0.6) is 0 Å². The monoisotopic (exact) mass is 309 g/mol. The minimum Gasteiger partial charge on any atom is -0.368 e. The normalized spacial score (nSPS) is 10.4. The van der Waals surface area contributed by atoms with Gasteiger partial charge in [0.15, 0.2) is 0 Å². The van der Waals surface area contributed by atoms with Gasteiger partial charge in [-0.1, -0.05) is 17.7 Å². The smallest absolute Gasteiger partial charge is 0.289 e. The summed E-state index contributed by atoms with van der Waals surface area (Å²) in [5.74, 6) is 0.131. The lowest BCUT2D eigenvalue weighted by Crippen LogP contribution is -2.08. The number of nitrogens with one attached hydrogen (secondary N) is 1. The molecule has 0 unspecified atom stereocenters.